The van der Waals surface area contributed by atoms with Crippen molar-refractivity contribution >= 4 is 34.6 Å². The molecule has 1 saturated heterocycles. The van der Waals surface area contributed by atoms with Gasteiger partial charge in [0.2, 0.25) is 0 Å². The van der Waals surface area contributed by atoms with Gasteiger partial charge >= 0.3 is 0 Å². The highest BCUT2D eigenvalue weighted by Gasteiger charge is 2.37. The summed E-state index contributed by atoms with van der Waals surface area (Å²) in [5.41, 5.74) is 5.11. The first-order valence-corrected chi connectivity index (χ1v) is 12.3. The van der Waals surface area contributed by atoms with E-state index >= 15 is 0 Å². The molecule has 4 nitrogen and oxygen atoms in total. The maximum absolute atomic E-state index is 13.7. The number of amidine groups is 1. The van der Waals surface area contributed by atoms with Crippen molar-refractivity contribution in [2.75, 3.05) is 7.11 Å². The molecule has 1 aliphatic rings. The van der Waals surface area contributed by atoms with E-state index in [0.717, 1.165) is 33.7 Å². The van der Waals surface area contributed by atoms with Gasteiger partial charge in [0.15, 0.2) is 5.17 Å². The second-order valence-corrected chi connectivity index (χ2v) is 9.72. The molecular formula is C29H30N2O2S. The van der Waals surface area contributed by atoms with Gasteiger partial charge in [-0.25, -0.2) is 4.99 Å². The molecular weight excluding hydrogens is 440 g/mol. The Balaban J connectivity index is 1.78. The Hall–Kier alpha value is -3.31. The highest BCUT2D eigenvalue weighted by Crippen LogP contribution is 2.40. The predicted molar refractivity (Wildman–Crippen MR) is 143 cm³/mol. The van der Waals surface area contributed by atoms with Gasteiger partial charge < -0.3 is 4.74 Å². The lowest BCUT2D eigenvalue weighted by Gasteiger charge is -2.24. The van der Waals surface area contributed by atoms with E-state index in [-0.39, 0.29) is 11.9 Å². The quantitative estimate of drug-likeness (QED) is 0.350. The topological polar surface area (TPSA) is 41.9 Å². The van der Waals surface area contributed by atoms with E-state index in [1.54, 1.807) is 12.0 Å². The van der Waals surface area contributed by atoms with E-state index in [1.807, 2.05) is 80.6 Å². The van der Waals surface area contributed by atoms with Crippen LogP contribution in [0.1, 0.15) is 55.0 Å². The lowest BCUT2D eigenvalue weighted by Crippen LogP contribution is -2.32. The summed E-state index contributed by atoms with van der Waals surface area (Å²) in [6.07, 6.45) is 1.99. The molecule has 0 radical (unpaired) electrons. The summed E-state index contributed by atoms with van der Waals surface area (Å²) >= 11 is 1.43. The molecule has 174 valence electrons. The molecule has 0 spiro atoms. The van der Waals surface area contributed by atoms with Crippen molar-refractivity contribution < 1.29 is 9.53 Å². The molecule has 1 heterocycles. The molecule has 0 unspecified atom stereocenters. The Morgan fingerprint density at radius 1 is 0.971 bits per heavy atom. The van der Waals surface area contributed by atoms with Crippen LogP contribution in [0.25, 0.3) is 6.08 Å². The molecule has 0 aromatic heterocycles. The van der Waals surface area contributed by atoms with Crippen LogP contribution in [0, 0.1) is 6.92 Å². The standard InChI is InChI=1S/C29H30N2O2S/c1-19(2)25-17-23(20(3)16-26(25)33-5)18-27-28(32)31(21(4)22-12-8-6-9-13-22)29(34-27)30-24-14-10-7-11-15-24/h6-19,21H,1-5H3/b27-18+,30-29?/t21-/m0/s1. The third-order valence-corrected chi connectivity index (χ3v) is 7.00. The molecule has 0 aliphatic carbocycles. The molecule has 0 saturated carbocycles. The van der Waals surface area contributed by atoms with E-state index in [4.69, 9.17) is 9.73 Å². The first kappa shape index (κ1) is 23.8. The van der Waals surface area contributed by atoms with Crippen molar-refractivity contribution in [3.8, 4) is 5.75 Å². The number of amides is 1. The third kappa shape index (κ3) is 4.95. The largest absolute Gasteiger partial charge is 0.496 e. The smallest absolute Gasteiger partial charge is 0.267 e. The molecule has 3 aromatic rings. The van der Waals surface area contributed by atoms with Crippen molar-refractivity contribution in [1.82, 2.24) is 4.90 Å². The summed E-state index contributed by atoms with van der Waals surface area (Å²) in [5, 5.41) is 0.689. The van der Waals surface area contributed by atoms with Crippen LogP contribution < -0.4 is 4.74 Å². The maximum Gasteiger partial charge on any atom is 0.267 e. The van der Waals surface area contributed by atoms with Crippen molar-refractivity contribution in [3.05, 3.63) is 100.0 Å². The second-order valence-electron chi connectivity index (χ2n) is 8.71. The molecule has 1 amide bonds. The number of aryl methyl sites for hydroxylation is 1. The van der Waals surface area contributed by atoms with Crippen LogP contribution in [0.2, 0.25) is 0 Å². The summed E-state index contributed by atoms with van der Waals surface area (Å²) in [6.45, 7) is 8.39. The monoisotopic (exact) mass is 470 g/mol. The van der Waals surface area contributed by atoms with Gasteiger partial charge in [-0.05, 0) is 84.1 Å². The van der Waals surface area contributed by atoms with Crippen LogP contribution in [-0.4, -0.2) is 23.1 Å². The lowest BCUT2D eigenvalue weighted by molar-refractivity contribution is -0.123. The fraction of sp³-hybridized carbons (Fsp3) is 0.241. The third-order valence-electron chi connectivity index (χ3n) is 6.01. The van der Waals surface area contributed by atoms with Crippen LogP contribution in [0.3, 0.4) is 0 Å². The fourth-order valence-electron chi connectivity index (χ4n) is 4.04. The summed E-state index contributed by atoms with van der Waals surface area (Å²) in [7, 11) is 1.70. The first-order valence-electron chi connectivity index (χ1n) is 11.5. The van der Waals surface area contributed by atoms with Crippen LogP contribution in [0.4, 0.5) is 5.69 Å². The van der Waals surface area contributed by atoms with Crippen LogP contribution in [-0.2, 0) is 4.79 Å². The molecule has 1 aliphatic heterocycles. The van der Waals surface area contributed by atoms with E-state index in [1.165, 1.54) is 11.8 Å². The van der Waals surface area contributed by atoms with Crippen molar-refractivity contribution in [3.63, 3.8) is 0 Å². The Bertz CT molecular complexity index is 1230. The molecule has 0 bridgehead atoms. The number of carbonyl (C=O) groups is 1. The first-order chi connectivity index (χ1) is 16.4. The number of para-hydroxylation sites is 1. The number of carbonyl (C=O) groups excluding carboxylic acids is 1. The number of aliphatic imine (C=N–C) groups is 1. The summed E-state index contributed by atoms with van der Waals surface area (Å²) in [5.74, 6) is 1.16. The predicted octanol–water partition coefficient (Wildman–Crippen LogP) is 7.49. The molecule has 1 atom stereocenters. The number of rotatable bonds is 6. The Morgan fingerprint density at radius 3 is 2.24 bits per heavy atom. The van der Waals surface area contributed by atoms with Gasteiger partial charge in [0.25, 0.3) is 5.91 Å². The lowest BCUT2D eigenvalue weighted by atomic mass is 9.96. The highest BCUT2D eigenvalue weighted by molar-refractivity contribution is 8.18. The molecule has 34 heavy (non-hydrogen) atoms. The highest BCUT2D eigenvalue weighted by atomic mass is 32.2. The van der Waals surface area contributed by atoms with Gasteiger partial charge in [0, 0.05) is 0 Å². The van der Waals surface area contributed by atoms with E-state index in [9.17, 15) is 4.79 Å². The number of ether oxygens (including phenoxy) is 1. The number of thioether (sulfide) groups is 1. The van der Waals surface area contributed by atoms with Gasteiger partial charge in [0.1, 0.15) is 5.75 Å². The number of hydrogen-bond donors (Lipinski definition) is 0. The van der Waals surface area contributed by atoms with Gasteiger partial charge in [-0.3, -0.25) is 9.69 Å². The second kappa shape index (κ2) is 10.3. The van der Waals surface area contributed by atoms with E-state index in [2.05, 4.69) is 26.0 Å². The fourth-order valence-corrected chi connectivity index (χ4v) is 5.10. The van der Waals surface area contributed by atoms with Crippen molar-refractivity contribution in [2.24, 2.45) is 4.99 Å². The average molecular weight is 471 g/mol. The van der Waals surface area contributed by atoms with E-state index in [0.29, 0.717) is 16.0 Å². The Kier molecular flexibility index (Phi) is 7.23. The zero-order valence-electron chi connectivity index (χ0n) is 20.3. The summed E-state index contributed by atoms with van der Waals surface area (Å²) < 4.78 is 5.59. The van der Waals surface area contributed by atoms with Gasteiger partial charge in [-0.2, -0.15) is 0 Å². The van der Waals surface area contributed by atoms with Gasteiger partial charge in [-0.1, -0.05) is 62.4 Å². The Labute approximate surface area is 206 Å². The number of nitrogens with zero attached hydrogens (tertiary/aromatic N) is 2. The zero-order chi connectivity index (χ0) is 24.2. The van der Waals surface area contributed by atoms with Crippen LogP contribution in [0.5, 0.6) is 5.75 Å². The van der Waals surface area contributed by atoms with Crippen LogP contribution in [0.15, 0.2) is 82.7 Å². The molecule has 5 heteroatoms. The normalized spacial score (nSPS) is 17.1. The summed E-state index contributed by atoms with van der Waals surface area (Å²) in [6, 6.07) is 23.9. The van der Waals surface area contributed by atoms with E-state index < -0.39 is 0 Å². The number of benzene rings is 3. The number of hydrogen-bond acceptors (Lipinski definition) is 4. The zero-order valence-corrected chi connectivity index (χ0v) is 21.1. The average Bonchev–Trinajstić information content (AvgIpc) is 3.14. The minimum absolute atomic E-state index is 0.0302. The molecule has 3 aromatic carbocycles. The Morgan fingerprint density at radius 2 is 1.62 bits per heavy atom. The van der Waals surface area contributed by atoms with Gasteiger partial charge in [-0.15, -0.1) is 0 Å². The minimum Gasteiger partial charge on any atom is -0.496 e. The maximum atomic E-state index is 13.7. The van der Waals surface area contributed by atoms with Crippen molar-refractivity contribution in [2.45, 2.75) is 39.7 Å². The number of methoxy groups -OCH3 is 1. The molecule has 0 N–H and O–H groups in total. The molecule has 4 rings (SSSR count). The van der Waals surface area contributed by atoms with Crippen LogP contribution >= 0.6 is 11.8 Å². The minimum atomic E-state index is -0.141. The summed E-state index contributed by atoms with van der Waals surface area (Å²) in [4.78, 5) is 21.0. The molecule has 1 fully saturated rings. The van der Waals surface area contributed by atoms with Crippen molar-refractivity contribution in [1.29, 1.82) is 0 Å². The van der Waals surface area contributed by atoms with Gasteiger partial charge in [0.05, 0.1) is 23.7 Å². The SMILES string of the molecule is COc1cc(C)c(/C=C2/SC(=Nc3ccccc3)N([C@@H](C)c3ccccc3)C2=O)cc1C(C)C.